The van der Waals surface area contributed by atoms with E-state index in [1.54, 1.807) is 0 Å². The van der Waals surface area contributed by atoms with Gasteiger partial charge in [0.05, 0.1) is 4.90 Å². The molecule has 4 rings (SSSR count). The maximum atomic E-state index is 12.8. The second kappa shape index (κ2) is 11.3. The molecule has 37 heavy (non-hydrogen) atoms. The van der Waals surface area contributed by atoms with Gasteiger partial charge in [-0.25, -0.2) is 13.1 Å². The SMILES string of the molecule is Cc1cc(Cl)ccc1OC1CCN(C2CCN(S(=O)(=O)NC(=O)c3cccc(S(C)(=O)=O)c3)CC2)CC1. The Kier molecular flexibility index (Phi) is 8.49. The molecule has 0 radical (unpaired) electrons. The van der Waals surface area contributed by atoms with E-state index in [9.17, 15) is 21.6 Å². The average Bonchev–Trinajstić information content (AvgIpc) is 2.85. The number of piperidine rings is 2. The van der Waals surface area contributed by atoms with E-state index in [0.29, 0.717) is 31.0 Å². The molecule has 0 aromatic heterocycles. The van der Waals surface area contributed by atoms with E-state index < -0.39 is 26.0 Å². The Morgan fingerprint density at radius 1 is 0.973 bits per heavy atom. The van der Waals surface area contributed by atoms with Crippen molar-refractivity contribution in [2.75, 3.05) is 32.4 Å². The molecule has 2 saturated heterocycles. The van der Waals surface area contributed by atoms with E-state index in [0.717, 1.165) is 43.5 Å². The third kappa shape index (κ3) is 7.02. The zero-order valence-corrected chi connectivity index (χ0v) is 23.3. The van der Waals surface area contributed by atoms with Crippen molar-refractivity contribution in [3.8, 4) is 5.75 Å². The van der Waals surface area contributed by atoms with E-state index >= 15 is 0 Å². The third-order valence-corrected chi connectivity index (χ3v) is 9.77. The van der Waals surface area contributed by atoms with Crippen LogP contribution in [0.4, 0.5) is 0 Å². The molecule has 2 fully saturated rings. The summed E-state index contributed by atoms with van der Waals surface area (Å²) in [5.41, 5.74) is 0.985. The Morgan fingerprint density at radius 3 is 2.27 bits per heavy atom. The minimum atomic E-state index is -4.05. The van der Waals surface area contributed by atoms with Crippen LogP contribution in [-0.2, 0) is 20.0 Å². The highest BCUT2D eigenvalue weighted by Gasteiger charge is 2.33. The molecule has 0 atom stereocenters. The van der Waals surface area contributed by atoms with Crippen LogP contribution in [0.15, 0.2) is 47.4 Å². The standard InChI is InChI=1S/C25H32ClN3O6S2/c1-18-16-20(26)6-7-24(18)35-22-10-12-28(13-11-22)21-8-14-29(15-9-21)37(33,34)27-25(30)19-4-3-5-23(17-19)36(2,31)32/h3-7,16-17,21-22H,8-15H2,1-2H3,(H,27,30). The quantitative estimate of drug-likeness (QED) is 0.545. The maximum Gasteiger partial charge on any atom is 0.304 e. The molecular weight excluding hydrogens is 538 g/mol. The van der Waals surface area contributed by atoms with Crippen molar-refractivity contribution in [1.29, 1.82) is 0 Å². The lowest BCUT2D eigenvalue weighted by molar-refractivity contribution is 0.0581. The van der Waals surface area contributed by atoms with E-state index in [4.69, 9.17) is 16.3 Å². The summed E-state index contributed by atoms with van der Waals surface area (Å²) in [4.78, 5) is 14.9. The molecule has 1 amide bonds. The fourth-order valence-electron chi connectivity index (χ4n) is 4.84. The van der Waals surface area contributed by atoms with Gasteiger partial charge in [0.25, 0.3) is 5.91 Å². The lowest BCUT2D eigenvalue weighted by Crippen LogP contribution is -2.52. The largest absolute Gasteiger partial charge is 0.490 e. The number of benzene rings is 2. The fourth-order valence-corrected chi connectivity index (χ4v) is 6.91. The topological polar surface area (TPSA) is 113 Å². The van der Waals surface area contributed by atoms with Gasteiger partial charge in [-0.05, 0) is 74.6 Å². The highest BCUT2D eigenvalue weighted by Crippen LogP contribution is 2.27. The molecule has 9 nitrogen and oxygen atoms in total. The molecule has 2 aromatic rings. The first-order valence-electron chi connectivity index (χ1n) is 12.2. The van der Waals surface area contributed by atoms with Crippen molar-refractivity contribution in [2.45, 2.75) is 49.6 Å². The first-order valence-corrected chi connectivity index (χ1v) is 15.9. The number of hydrogen-bond acceptors (Lipinski definition) is 7. The Hall–Kier alpha value is -2.18. The number of halogens is 1. The van der Waals surface area contributed by atoms with Gasteiger partial charge < -0.3 is 9.64 Å². The predicted molar refractivity (Wildman–Crippen MR) is 142 cm³/mol. The minimum absolute atomic E-state index is 0.0275. The van der Waals surface area contributed by atoms with Crippen LogP contribution >= 0.6 is 11.6 Å². The molecule has 2 heterocycles. The second-order valence-corrected chi connectivity index (χ2v) is 13.8. The number of nitrogens with zero attached hydrogens (tertiary/aromatic N) is 2. The normalized spacial score (nSPS) is 19.0. The molecule has 1 N–H and O–H groups in total. The first kappa shape index (κ1) is 27.8. The third-order valence-electron chi connectivity index (χ3n) is 6.93. The summed E-state index contributed by atoms with van der Waals surface area (Å²) in [7, 11) is -7.57. The Balaban J connectivity index is 1.27. The van der Waals surface area contributed by atoms with Crippen LogP contribution < -0.4 is 9.46 Å². The van der Waals surface area contributed by atoms with Gasteiger partial charge in [0.2, 0.25) is 0 Å². The van der Waals surface area contributed by atoms with Crippen LogP contribution in [0, 0.1) is 6.92 Å². The minimum Gasteiger partial charge on any atom is -0.490 e. The number of hydrogen-bond donors (Lipinski definition) is 1. The number of sulfone groups is 1. The first-order chi connectivity index (χ1) is 17.4. The summed E-state index contributed by atoms with van der Waals surface area (Å²) >= 11 is 6.03. The van der Waals surface area contributed by atoms with Crippen molar-refractivity contribution in [1.82, 2.24) is 13.9 Å². The lowest BCUT2D eigenvalue weighted by Gasteiger charge is -2.41. The van der Waals surface area contributed by atoms with Gasteiger partial charge in [0.15, 0.2) is 9.84 Å². The summed E-state index contributed by atoms with van der Waals surface area (Å²) in [6, 6.07) is 11.2. The lowest BCUT2D eigenvalue weighted by atomic mass is 10.00. The number of nitrogens with one attached hydrogen (secondary N) is 1. The number of amides is 1. The van der Waals surface area contributed by atoms with Gasteiger partial charge in [-0.2, -0.15) is 12.7 Å². The maximum absolute atomic E-state index is 12.8. The molecule has 0 spiro atoms. The van der Waals surface area contributed by atoms with Crippen LogP contribution in [0.25, 0.3) is 0 Å². The van der Waals surface area contributed by atoms with Crippen LogP contribution in [0.2, 0.25) is 5.02 Å². The summed E-state index contributed by atoms with van der Waals surface area (Å²) in [5, 5.41) is 0.689. The molecule has 0 aliphatic carbocycles. The summed E-state index contributed by atoms with van der Waals surface area (Å²) in [6.45, 7) is 4.34. The average molecular weight is 570 g/mol. The van der Waals surface area contributed by atoms with Crippen LogP contribution in [0.3, 0.4) is 0 Å². The second-order valence-electron chi connectivity index (χ2n) is 9.63. The Morgan fingerprint density at radius 2 is 1.65 bits per heavy atom. The highest BCUT2D eigenvalue weighted by atomic mass is 35.5. The molecule has 2 aliphatic rings. The van der Waals surface area contributed by atoms with Gasteiger partial charge in [-0.15, -0.1) is 0 Å². The van der Waals surface area contributed by atoms with Crippen molar-refractivity contribution in [2.24, 2.45) is 0 Å². The molecule has 0 saturated carbocycles. The van der Waals surface area contributed by atoms with Crippen molar-refractivity contribution in [3.05, 3.63) is 58.6 Å². The summed E-state index contributed by atoms with van der Waals surface area (Å²) in [6.07, 6.45) is 4.28. The summed E-state index contributed by atoms with van der Waals surface area (Å²) in [5.74, 6) is -0.00271. The van der Waals surface area contributed by atoms with E-state index in [2.05, 4.69) is 9.62 Å². The van der Waals surface area contributed by atoms with Crippen LogP contribution in [0.1, 0.15) is 41.6 Å². The molecule has 2 aromatic carbocycles. The molecule has 2 aliphatic heterocycles. The Labute approximate surface area is 223 Å². The molecule has 0 unspecified atom stereocenters. The summed E-state index contributed by atoms with van der Waals surface area (Å²) < 4.78 is 58.7. The van der Waals surface area contributed by atoms with E-state index in [1.807, 2.05) is 25.1 Å². The smallest absolute Gasteiger partial charge is 0.304 e. The molecule has 0 bridgehead atoms. The molecule has 12 heteroatoms. The van der Waals surface area contributed by atoms with Gasteiger partial charge in [0.1, 0.15) is 11.9 Å². The van der Waals surface area contributed by atoms with Crippen molar-refractivity contribution in [3.63, 3.8) is 0 Å². The van der Waals surface area contributed by atoms with Gasteiger partial charge in [0, 0.05) is 49.1 Å². The number of aryl methyl sites for hydroxylation is 1. The molecular formula is C25H32ClN3O6S2. The van der Waals surface area contributed by atoms with Crippen LogP contribution in [0.5, 0.6) is 5.75 Å². The fraction of sp³-hybridized carbons (Fsp3) is 0.480. The zero-order valence-electron chi connectivity index (χ0n) is 20.9. The van der Waals surface area contributed by atoms with Crippen molar-refractivity contribution < 1.29 is 26.4 Å². The predicted octanol–water partition coefficient (Wildman–Crippen LogP) is 3.03. The Bertz CT molecular complexity index is 1350. The number of rotatable bonds is 7. The van der Waals surface area contributed by atoms with E-state index in [-0.39, 0.29) is 22.6 Å². The molecule has 202 valence electrons. The number of carbonyl (C=O) groups is 1. The zero-order chi connectivity index (χ0) is 26.8. The van der Waals surface area contributed by atoms with Gasteiger partial charge >= 0.3 is 10.2 Å². The number of likely N-dealkylation sites (tertiary alicyclic amines) is 1. The van der Waals surface area contributed by atoms with Gasteiger partial charge in [-0.3, -0.25) is 4.79 Å². The monoisotopic (exact) mass is 569 g/mol. The number of carbonyl (C=O) groups excluding carboxylic acids is 1. The highest BCUT2D eigenvalue weighted by molar-refractivity contribution is 7.90. The number of ether oxygens (including phenoxy) is 1. The van der Waals surface area contributed by atoms with Crippen LogP contribution in [-0.4, -0.2) is 76.5 Å². The van der Waals surface area contributed by atoms with Gasteiger partial charge in [-0.1, -0.05) is 17.7 Å². The van der Waals surface area contributed by atoms with E-state index in [1.165, 1.54) is 28.6 Å². The van der Waals surface area contributed by atoms with Crippen molar-refractivity contribution >= 4 is 37.6 Å².